The molecule has 0 aromatic heterocycles. The molecule has 1 aromatic carbocycles. The second kappa shape index (κ2) is 5.94. The van der Waals surface area contributed by atoms with E-state index in [0.29, 0.717) is 16.2 Å². The fourth-order valence-electron chi connectivity index (χ4n) is 3.37. The van der Waals surface area contributed by atoms with Gasteiger partial charge in [-0.05, 0) is 12.5 Å². The Morgan fingerprint density at radius 3 is 2.42 bits per heavy atom. The van der Waals surface area contributed by atoms with E-state index < -0.39 is 36.0 Å². The van der Waals surface area contributed by atoms with Crippen molar-refractivity contribution in [3.8, 4) is 0 Å². The van der Waals surface area contributed by atoms with Crippen molar-refractivity contribution in [2.75, 3.05) is 0 Å². The Morgan fingerprint density at radius 1 is 1.00 bits per heavy atom. The third kappa shape index (κ3) is 2.43. The molecule has 9 nitrogen and oxygen atoms in total. The Hall–Kier alpha value is -3.23. The van der Waals surface area contributed by atoms with Crippen molar-refractivity contribution in [2.24, 2.45) is 0 Å². The maximum atomic E-state index is 12.5. The standard InChI is InChI=1S/C17H14N2O7/c20-12-6-5-11(17(24)26-19-13(21)7-8-14(19)22)18(12)15-9-3-1-2-4-10(9)16(23)25-15/h1-4,11,15H,5-8H2/t11-,15-/m0/s1. The summed E-state index contributed by atoms with van der Waals surface area (Å²) in [7, 11) is 0. The first kappa shape index (κ1) is 16.2. The summed E-state index contributed by atoms with van der Waals surface area (Å²) in [6, 6.07) is 5.54. The van der Waals surface area contributed by atoms with Crippen LogP contribution in [-0.4, -0.2) is 45.7 Å². The van der Waals surface area contributed by atoms with Crippen molar-refractivity contribution >= 4 is 29.7 Å². The van der Waals surface area contributed by atoms with E-state index in [1.54, 1.807) is 24.3 Å². The van der Waals surface area contributed by atoms with Gasteiger partial charge in [0.05, 0.1) is 5.56 Å². The highest BCUT2D eigenvalue weighted by molar-refractivity contribution is 6.02. The van der Waals surface area contributed by atoms with E-state index in [0.717, 1.165) is 4.90 Å². The van der Waals surface area contributed by atoms with Gasteiger partial charge in [-0.25, -0.2) is 9.59 Å². The molecule has 4 rings (SSSR count). The van der Waals surface area contributed by atoms with E-state index in [9.17, 15) is 24.0 Å². The number of likely N-dealkylation sites (tertiary alicyclic amines) is 1. The van der Waals surface area contributed by atoms with Crippen LogP contribution in [0.5, 0.6) is 0 Å². The van der Waals surface area contributed by atoms with Crippen molar-refractivity contribution in [1.82, 2.24) is 9.96 Å². The van der Waals surface area contributed by atoms with E-state index in [2.05, 4.69) is 0 Å². The minimum atomic E-state index is -1.05. The van der Waals surface area contributed by atoms with Crippen LogP contribution in [0.3, 0.4) is 0 Å². The molecule has 0 N–H and O–H groups in total. The summed E-state index contributed by atoms with van der Waals surface area (Å²) in [6.45, 7) is 0. The molecule has 3 aliphatic heterocycles. The predicted molar refractivity (Wildman–Crippen MR) is 81.6 cm³/mol. The zero-order valence-corrected chi connectivity index (χ0v) is 13.5. The SMILES string of the molecule is O=C1O[C@H](N2C(=O)CC[C@H]2C(=O)ON2C(=O)CCC2=O)c2ccccc21. The Morgan fingerprint density at radius 2 is 1.69 bits per heavy atom. The second-order valence-corrected chi connectivity index (χ2v) is 6.19. The summed E-state index contributed by atoms with van der Waals surface area (Å²) in [5.41, 5.74) is 0.813. The number of imide groups is 1. The number of hydrogen-bond acceptors (Lipinski definition) is 7. The first-order valence-corrected chi connectivity index (χ1v) is 8.16. The van der Waals surface area contributed by atoms with Crippen LogP contribution in [-0.2, 0) is 28.8 Å². The monoisotopic (exact) mass is 358 g/mol. The molecule has 0 aliphatic carbocycles. The highest BCUT2D eigenvalue weighted by Gasteiger charge is 2.48. The zero-order chi connectivity index (χ0) is 18.4. The number of cyclic esters (lactones) is 1. The number of ether oxygens (including phenoxy) is 1. The Kier molecular flexibility index (Phi) is 3.71. The van der Waals surface area contributed by atoms with Crippen LogP contribution in [0, 0.1) is 0 Å². The molecule has 0 unspecified atom stereocenters. The van der Waals surface area contributed by atoms with E-state index >= 15 is 0 Å². The van der Waals surface area contributed by atoms with Gasteiger partial charge in [0.2, 0.25) is 12.1 Å². The van der Waals surface area contributed by atoms with Gasteiger partial charge in [0.25, 0.3) is 11.8 Å². The number of carbonyl (C=O) groups is 5. The number of esters is 1. The highest BCUT2D eigenvalue weighted by atomic mass is 16.7. The summed E-state index contributed by atoms with van der Waals surface area (Å²) >= 11 is 0. The van der Waals surface area contributed by atoms with Crippen molar-refractivity contribution in [1.29, 1.82) is 0 Å². The van der Waals surface area contributed by atoms with E-state index in [1.165, 1.54) is 0 Å². The van der Waals surface area contributed by atoms with E-state index in [1.807, 2.05) is 0 Å². The Bertz CT molecular complexity index is 833. The molecule has 2 atom stereocenters. The molecule has 3 aliphatic rings. The van der Waals surface area contributed by atoms with Gasteiger partial charge in [0, 0.05) is 24.8 Å². The highest BCUT2D eigenvalue weighted by Crippen LogP contribution is 2.38. The number of amides is 3. The molecular formula is C17H14N2O7. The summed E-state index contributed by atoms with van der Waals surface area (Å²) in [5, 5.41) is 0.442. The molecule has 2 saturated heterocycles. The van der Waals surface area contributed by atoms with Crippen LogP contribution in [0.4, 0.5) is 0 Å². The van der Waals surface area contributed by atoms with Crippen LogP contribution in [0.2, 0.25) is 0 Å². The predicted octanol–water partition coefficient (Wildman–Crippen LogP) is 0.454. The number of fused-ring (bicyclic) bond motifs is 1. The topological polar surface area (TPSA) is 110 Å². The fraction of sp³-hybridized carbons (Fsp3) is 0.353. The average molecular weight is 358 g/mol. The quantitative estimate of drug-likeness (QED) is 0.570. The maximum absolute atomic E-state index is 12.5. The van der Waals surface area contributed by atoms with Crippen LogP contribution < -0.4 is 0 Å². The smallest absolute Gasteiger partial charge is 0.355 e. The Labute approximate surface area is 147 Å². The van der Waals surface area contributed by atoms with Crippen LogP contribution in [0.25, 0.3) is 0 Å². The lowest BCUT2D eigenvalue weighted by Crippen LogP contribution is -2.45. The Balaban J connectivity index is 1.59. The van der Waals surface area contributed by atoms with Gasteiger partial charge in [-0.1, -0.05) is 18.2 Å². The second-order valence-electron chi connectivity index (χ2n) is 6.19. The maximum Gasteiger partial charge on any atom is 0.355 e. The molecule has 9 heteroatoms. The molecule has 1 aromatic rings. The van der Waals surface area contributed by atoms with Crippen LogP contribution in [0.1, 0.15) is 47.8 Å². The van der Waals surface area contributed by atoms with Gasteiger partial charge in [-0.2, -0.15) is 0 Å². The molecule has 0 saturated carbocycles. The molecule has 3 heterocycles. The summed E-state index contributed by atoms with van der Waals surface area (Å²) in [4.78, 5) is 66.2. The van der Waals surface area contributed by atoms with Gasteiger partial charge in [-0.3, -0.25) is 19.3 Å². The lowest BCUT2D eigenvalue weighted by atomic mass is 10.1. The number of hydrogen-bond donors (Lipinski definition) is 0. The third-order valence-electron chi connectivity index (χ3n) is 4.63. The van der Waals surface area contributed by atoms with Crippen molar-refractivity contribution in [3.05, 3.63) is 35.4 Å². The largest absolute Gasteiger partial charge is 0.433 e. The van der Waals surface area contributed by atoms with Crippen LogP contribution in [0.15, 0.2) is 24.3 Å². The number of carbonyl (C=O) groups excluding carboxylic acids is 5. The minimum absolute atomic E-state index is 0.0208. The first-order valence-electron chi connectivity index (χ1n) is 8.16. The van der Waals surface area contributed by atoms with E-state index in [4.69, 9.17) is 9.57 Å². The number of nitrogens with zero attached hydrogens (tertiary/aromatic N) is 2. The average Bonchev–Trinajstić information content (AvgIpc) is 3.26. The zero-order valence-electron chi connectivity index (χ0n) is 13.5. The van der Waals surface area contributed by atoms with Gasteiger partial charge < -0.3 is 9.57 Å². The first-order chi connectivity index (χ1) is 12.5. The van der Waals surface area contributed by atoms with Crippen molar-refractivity contribution < 1.29 is 33.5 Å². The molecular weight excluding hydrogens is 344 g/mol. The molecule has 0 spiro atoms. The molecule has 3 amide bonds. The minimum Gasteiger partial charge on any atom is -0.433 e. The lowest BCUT2D eigenvalue weighted by Gasteiger charge is -2.29. The summed E-state index contributed by atoms with van der Waals surface area (Å²) < 4.78 is 5.29. The van der Waals surface area contributed by atoms with Gasteiger partial charge in [0.1, 0.15) is 6.04 Å². The molecule has 134 valence electrons. The van der Waals surface area contributed by atoms with Gasteiger partial charge in [-0.15, -0.1) is 5.06 Å². The molecule has 2 fully saturated rings. The number of benzene rings is 1. The molecule has 0 radical (unpaired) electrons. The van der Waals surface area contributed by atoms with Crippen molar-refractivity contribution in [3.63, 3.8) is 0 Å². The normalized spacial score (nSPS) is 24.9. The van der Waals surface area contributed by atoms with Crippen molar-refractivity contribution in [2.45, 2.75) is 38.0 Å². The fourth-order valence-corrected chi connectivity index (χ4v) is 3.37. The van der Waals surface area contributed by atoms with Gasteiger partial charge >= 0.3 is 11.9 Å². The summed E-state index contributed by atoms with van der Waals surface area (Å²) in [5.74, 6) is -3.06. The number of rotatable bonds is 3. The number of hydroxylamine groups is 2. The van der Waals surface area contributed by atoms with Gasteiger partial charge in [0.15, 0.2) is 0 Å². The molecule has 0 bridgehead atoms. The van der Waals surface area contributed by atoms with Crippen LogP contribution >= 0.6 is 0 Å². The summed E-state index contributed by atoms with van der Waals surface area (Å²) in [6.07, 6.45) is -0.863. The third-order valence-corrected chi connectivity index (χ3v) is 4.63. The molecule has 26 heavy (non-hydrogen) atoms. The lowest BCUT2D eigenvalue weighted by molar-refractivity contribution is -0.202. The van der Waals surface area contributed by atoms with E-state index in [-0.39, 0.29) is 31.6 Å².